The Balaban J connectivity index is 1.31. The van der Waals surface area contributed by atoms with Crippen LogP contribution in [0.5, 0.6) is 0 Å². The standard InChI is InChI=1S/C20H25N5O2/c26-20(21-14-17-4-3-13-27-17)18-9-10-19(24-23-18)22-15-5-7-16(8-6-15)25-11-1-2-12-25/h5-10,17H,1-4,11-14H2,(H,21,26)(H,22,24). The summed E-state index contributed by atoms with van der Waals surface area (Å²) in [5.74, 6) is 0.388. The van der Waals surface area contributed by atoms with Crippen LogP contribution in [0.15, 0.2) is 36.4 Å². The highest BCUT2D eigenvalue weighted by atomic mass is 16.5. The molecule has 3 heterocycles. The van der Waals surface area contributed by atoms with Gasteiger partial charge in [0.05, 0.1) is 6.10 Å². The fourth-order valence-corrected chi connectivity index (χ4v) is 3.50. The molecule has 0 saturated carbocycles. The highest BCUT2D eigenvalue weighted by molar-refractivity contribution is 5.92. The van der Waals surface area contributed by atoms with Crippen molar-refractivity contribution in [1.29, 1.82) is 0 Å². The first-order valence-corrected chi connectivity index (χ1v) is 9.63. The number of carbonyl (C=O) groups is 1. The van der Waals surface area contributed by atoms with E-state index in [0.717, 1.165) is 38.2 Å². The van der Waals surface area contributed by atoms with Crippen molar-refractivity contribution in [2.45, 2.75) is 31.8 Å². The second-order valence-corrected chi connectivity index (χ2v) is 7.01. The van der Waals surface area contributed by atoms with Crippen LogP contribution in [-0.2, 0) is 4.74 Å². The maximum absolute atomic E-state index is 12.1. The molecule has 27 heavy (non-hydrogen) atoms. The van der Waals surface area contributed by atoms with Crippen molar-refractivity contribution in [1.82, 2.24) is 15.5 Å². The summed E-state index contributed by atoms with van der Waals surface area (Å²) in [4.78, 5) is 14.5. The highest BCUT2D eigenvalue weighted by Gasteiger charge is 2.17. The maximum Gasteiger partial charge on any atom is 0.271 e. The molecule has 7 heteroatoms. The van der Waals surface area contributed by atoms with E-state index in [1.54, 1.807) is 12.1 Å². The molecule has 2 aliphatic rings. The van der Waals surface area contributed by atoms with E-state index >= 15 is 0 Å². The second-order valence-electron chi connectivity index (χ2n) is 7.01. The molecule has 4 rings (SSSR count). The van der Waals surface area contributed by atoms with Crippen molar-refractivity contribution in [3.05, 3.63) is 42.1 Å². The smallest absolute Gasteiger partial charge is 0.271 e. The minimum absolute atomic E-state index is 0.117. The minimum Gasteiger partial charge on any atom is -0.376 e. The van der Waals surface area contributed by atoms with Crippen molar-refractivity contribution < 1.29 is 9.53 Å². The number of hydrogen-bond acceptors (Lipinski definition) is 6. The predicted molar refractivity (Wildman–Crippen MR) is 105 cm³/mol. The van der Waals surface area contributed by atoms with Gasteiger partial charge in [0.25, 0.3) is 5.91 Å². The summed E-state index contributed by atoms with van der Waals surface area (Å²) in [5.41, 5.74) is 2.51. The molecule has 1 atom stereocenters. The van der Waals surface area contributed by atoms with Crippen molar-refractivity contribution in [2.24, 2.45) is 0 Å². The molecular weight excluding hydrogens is 342 g/mol. The molecule has 0 spiro atoms. The molecule has 2 N–H and O–H groups in total. The monoisotopic (exact) mass is 367 g/mol. The lowest BCUT2D eigenvalue weighted by Gasteiger charge is -2.17. The third-order valence-corrected chi connectivity index (χ3v) is 5.02. The van der Waals surface area contributed by atoms with Crippen LogP contribution in [0.1, 0.15) is 36.2 Å². The minimum atomic E-state index is -0.223. The van der Waals surface area contributed by atoms with E-state index in [1.807, 2.05) is 12.1 Å². The third-order valence-electron chi connectivity index (χ3n) is 5.02. The van der Waals surface area contributed by atoms with Gasteiger partial charge in [-0.05, 0) is 62.1 Å². The summed E-state index contributed by atoms with van der Waals surface area (Å²) in [6, 6.07) is 11.8. The van der Waals surface area contributed by atoms with E-state index in [9.17, 15) is 4.79 Å². The molecule has 1 amide bonds. The Morgan fingerprint density at radius 2 is 1.89 bits per heavy atom. The lowest BCUT2D eigenvalue weighted by Crippen LogP contribution is -2.32. The Morgan fingerprint density at radius 1 is 1.07 bits per heavy atom. The van der Waals surface area contributed by atoms with Crippen LogP contribution in [0.2, 0.25) is 0 Å². The molecule has 7 nitrogen and oxygen atoms in total. The van der Waals surface area contributed by atoms with Crippen LogP contribution in [0.25, 0.3) is 0 Å². The van der Waals surface area contributed by atoms with Crippen LogP contribution in [0.4, 0.5) is 17.2 Å². The quantitative estimate of drug-likeness (QED) is 0.817. The zero-order valence-corrected chi connectivity index (χ0v) is 15.4. The lowest BCUT2D eigenvalue weighted by atomic mass is 10.2. The summed E-state index contributed by atoms with van der Waals surface area (Å²) in [6.07, 6.45) is 4.70. The first-order chi connectivity index (χ1) is 13.3. The van der Waals surface area contributed by atoms with Crippen LogP contribution < -0.4 is 15.5 Å². The fourth-order valence-electron chi connectivity index (χ4n) is 3.50. The zero-order chi connectivity index (χ0) is 18.5. The van der Waals surface area contributed by atoms with E-state index in [0.29, 0.717) is 18.1 Å². The molecule has 0 radical (unpaired) electrons. The average molecular weight is 367 g/mol. The number of ether oxygens (including phenoxy) is 1. The normalized spacial score (nSPS) is 19.3. The van der Waals surface area contributed by atoms with Crippen molar-refractivity contribution in [2.75, 3.05) is 36.5 Å². The van der Waals surface area contributed by atoms with Crippen LogP contribution >= 0.6 is 0 Å². The number of nitrogens with one attached hydrogen (secondary N) is 2. The van der Waals surface area contributed by atoms with Gasteiger partial charge in [0.1, 0.15) is 0 Å². The molecule has 0 bridgehead atoms. The number of amides is 1. The van der Waals surface area contributed by atoms with Gasteiger partial charge in [0.15, 0.2) is 11.5 Å². The summed E-state index contributed by atoms with van der Waals surface area (Å²) >= 11 is 0. The molecule has 1 aromatic carbocycles. The molecule has 1 unspecified atom stereocenters. The molecule has 1 aromatic heterocycles. The largest absolute Gasteiger partial charge is 0.376 e. The van der Waals surface area contributed by atoms with E-state index < -0.39 is 0 Å². The average Bonchev–Trinajstić information content (AvgIpc) is 3.41. The summed E-state index contributed by atoms with van der Waals surface area (Å²) in [7, 11) is 0. The van der Waals surface area contributed by atoms with Gasteiger partial charge in [-0.15, -0.1) is 10.2 Å². The van der Waals surface area contributed by atoms with Gasteiger partial charge in [0, 0.05) is 37.6 Å². The number of nitrogens with zero attached hydrogens (tertiary/aromatic N) is 3. The molecule has 2 aromatic rings. The van der Waals surface area contributed by atoms with Gasteiger partial charge in [-0.25, -0.2) is 0 Å². The number of aromatic nitrogens is 2. The van der Waals surface area contributed by atoms with Gasteiger partial charge >= 0.3 is 0 Å². The van der Waals surface area contributed by atoms with Crippen molar-refractivity contribution in [3.63, 3.8) is 0 Å². The molecule has 2 aliphatic heterocycles. The highest BCUT2D eigenvalue weighted by Crippen LogP contribution is 2.23. The van der Waals surface area contributed by atoms with Gasteiger partial charge in [-0.2, -0.15) is 0 Å². The Morgan fingerprint density at radius 3 is 2.56 bits per heavy atom. The van der Waals surface area contributed by atoms with E-state index in [4.69, 9.17) is 4.74 Å². The van der Waals surface area contributed by atoms with Crippen molar-refractivity contribution in [3.8, 4) is 0 Å². The van der Waals surface area contributed by atoms with E-state index in [2.05, 4.69) is 37.9 Å². The number of carbonyl (C=O) groups excluding carboxylic acids is 1. The number of benzene rings is 1. The number of rotatable bonds is 6. The van der Waals surface area contributed by atoms with E-state index in [1.165, 1.54) is 18.5 Å². The Kier molecular flexibility index (Phi) is 5.48. The van der Waals surface area contributed by atoms with Crippen LogP contribution in [-0.4, -0.2) is 48.4 Å². The molecule has 142 valence electrons. The first-order valence-electron chi connectivity index (χ1n) is 9.63. The summed E-state index contributed by atoms with van der Waals surface area (Å²) in [6.45, 7) is 3.56. The van der Waals surface area contributed by atoms with Crippen LogP contribution in [0, 0.1) is 0 Å². The van der Waals surface area contributed by atoms with Gasteiger partial charge < -0.3 is 20.3 Å². The molecule has 0 aliphatic carbocycles. The Labute approximate surface area is 159 Å². The molecular formula is C20H25N5O2. The maximum atomic E-state index is 12.1. The number of anilines is 3. The zero-order valence-electron chi connectivity index (χ0n) is 15.4. The van der Waals surface area contributed by atoms with E-state index in [-0.39, 0.29) is 12.0 Å². The van der Waals surface area contributed by atoms with Gasteiger partial charge in [0.2, 0.25) is 0 Å². The topological polar surface area (TPSA) is 79.4 Å². The van der Waals surface area contributed by atoms with Gasteiger partial charge in [-0.1, -0.05) is 0 Å². The fraction of sp³-hybridized carbons (Fsp3) is 0.450. The van der Waals surface area contributed by atoms with Gasteiger partial charge in [-0.3, -0.25) is 4.79 Å². The summed E-state index contributed by atoms with van der Waals surface area (Å²) < 4.78 is 5.50. The molecule has 2 fully saturated rings. The Bertz CT molecular complexity index is 751. The SMILES string of the molecule is O=C(NCC1CCCO1)c1ccc(Nc2ccc(N3CCCC3)cc2)nn1. The first kappa shape index (κ1) is 17.7. The molecule has 2 saturated heterocycles. The second kappa shape index (κ2) is 8.35. The summed E-state index contributed by atoms with van der Waals surface area (Å²) in [5, 5.41) is 14.2. The van der Waals surface area contributed by atoms with Crippen molar-refractivity contribution >= 4 is 23.1 Å². The van der Waals surface area contributed by atoms with Crippen LogP contribution in [0.3, 0.4) is 0 Å². The third kappa shape index (κ3) is 4.54. The number of hydrogen-bond donors (Lipinski definition) is 2. The Hall–Kier alpha value is -2.67. The lowest BCUT2D eigenvalue weighted by molar-refractivity contribution is 0.0853. The predicted octanol–water partition coefficient (Wildman–Crippen LogP) is 2.73.